The fraction of sp³-hybridized carbons (Fsp3) is 0.200. The number of anilines is 1. The highest BCUT2D eigenvalue weighted by Crippen LogP contribution is 2.22. The molecule has 0 radical (unpaired) electrons. The first-order valence-electron chi connectivity index (χ1n) is 8.00. The summed E-state index contributed by atoms with van der Waals surface area (Å²) in [6.45, 7) is 3.88. The van der Waals surface area contributed by atoms with Gasteiger partial charge in [-0.25, -0.2) is 4.98 Å². The van der Waals surface area contributed by atoms with Gasteiger partial charge in [0.25, 0.3) is 0 Å². The topological polar surface area (TPSA) is 55.1 Å². The Bertz CT molecular complexity index is 838. The predicted molar refractivity (Wildman–Crippen MR) is 94.8 cm³/mol. The second-order valence-electron chi connectivity index (χ2n) is 5.81. The monoisotopic (exact) mass is 320 g/mol. The summed E-state index contributed by atoms with van der Waals surface area (Å²) in [5, 5.41) is 2.91. The van der Waals surface area contributed by atoms with E-state index >= 15 is 0 Å². The Morgan fingerprint density at radius 1 is 1.08 bits per heavy atom. The van der Waals surface area contributed by atoms with E-state index < -0.39 is 0 Å². The number of oxazole rings is 1. The van der Waals surface area contributed by atoms with Crippen molar-refractivity contribution < 1.29 is 9.21 Å². The van der Waals surface area contributed by atoms with Crippen LogP contribution in [0.4, 0.5) is 5.69 Å². The predicted octanol–water partition coefficient (Wildman–Crippen LogP) is 4.53. The molecule has 1 heterocycles. The Balaban J connectivity index is 1.62. The molecule has 0 bridgehead atoms. The van der Waals surface area contributed by atoms with Crippen molar-refractivity contribution in [1.29, 1.82) is 0 Å². The normalized spacial score (nSPS) is 10.6. The summed E-state index contributed by atoms with van der Waals surface area (Å²) in [6.07, 6.45) is 0.926. The standard InChI is InChI=1S/C20H20N2O2/c1-14-7-6-10-17(13-14)21-19(23)12-11-18-15(2)24-20(22-18)16-8-4-3-5-9-16/h3-10,13H,11-12H2,1-2H3,(H,21,23). The molecule has 1 aromatic heterocycles. The Labute approximate surface area is 141 Å². The summed E-state index contributed by atoms with van der Waals surface area (Å²) in [4.78, 5) is 16.6. The molecule has 0 saturated carbocycles. The van der Waals surface area contributed by atoms with Gasteiger partial charge in [0.05, 0.1) is 5.69 Å². The zero-order chi connectivity index (χ0) is 16.9. The zero-order valence-corrected chi connectivity index (χ0v) is 13.9. The number of hydrogen-bond donors (Lipinski definition) is 1. The number of hydrogen-bond acceptors (Lipinski definition) is 3. The van der Waals surface area contributed by atoms with Gasteiger partial charge < -0.3 is 9.73 Å². The first-order valence-corrected chi connectivity index (χ1v) is 8.00. The van der Waals surface area contributed by atoms with E-state index in [9.17, 15) is 4.79 Å². The van der Waals surface area contributed by atoms with E-state index in [0.29, 0.717) is 18.7 Å². The van der Waals surface area contributed by atoms with Gasteiger partial charge in [-0.1, -0.05) is 30.3 Å². The number of nitrogens with one attached hydrogen (secondary N) is 1. The van der Waals surface area contributed by atoms with Gasteiger partial charge in [-0.05, 0) is 43.7 Å². The van der Waals surface area contributed by atoms with E-state index in [0.717, 1.165) is 28.3 Å². The minimum atomic E-state index is -0.0238. The highest BCUT2D eigenvalue weighted by Gasteiger charge is 2.13. The van der Waals surface area contributed by atoms with Crippen LogP contribution in [0.5, 0.6) is 0 Å². The van der Waals surface area contributed by atoms with Gasteiger partial charge in [-0.15, -0.1) is 0 Å². The largest absolute Gasteiger partial charge is 0.441 e. The molecular formula is C20H20N2O2. The molecule has 1 N–H and O–H groups in total. The molecule has 0 spiro atoms. The highest BCUT2D eigenvalue weighted by molar-refractivity contribution is 5.90. The maximum atomic E-state index is 12.1. The molecular weight excluding hydrogens is 300 g/mol. The second-order valence-corrected chi connectivity index (χ2v) is 5.81. The lowest BCUT2D eigenvalue weighted by molar-refractivity contribution is -0.116. The number of rotatable bonds is 5. The van der Waals surface area contributed by atoms with Crippen molar-refractivity contribution in [2.24, 2.45) is 0 Å². The molecule has 0 aliphatic carbocycles. The summed E-state index contributed by atoms with van der Waals surface area (Å²) < 4.78 is 5.72. The molecule has 122 valence electrons. The first kappa shape index (κ1) is 16.0. The number of amides is 1. The molecule has 0 saturated heterocycles. The molecule has 0 fully saturated rings. The van der Waals surface area contributed by atoms with E-state index in [1.54, 1.807) is 0 Å². The van der Waals surface area contributed by atoms with Crippen molar-refractivity contribution in [2.45, 2.75) is 26.7 Å². The van der Waals surface area contributed by atoms with Crippen LogP contribution in [-0.4, -0.2) is 10.9 Å². The molecule has 0 aliphatic rings. The molecule has 0 unspecified atom stereocenters. The van der Waals surface area contributed by atoms with Crippen LogP contribution >= 0.6 is 0 Å². The lowest BCUT2D eigenvalue weighted by Gasteiger charge is -2.05. The first-order chi connectivity index (χ1) is 11.6. The lowest BCUT2D eigenvalue weighted by atomic mass is 10.2. The van der Waals surface area contributed by atoms with Crippen LogP contribution in [0.2, 0.25) is 0 Å². The average molecular weight is 320 g/mol. The van der Waals surface area contributed by atoms with Gasteiger partial charge in [-0.2, -0.15) is 0 Å². The molecule has 2 aromatic carbocycles. The summed E-state index contributed by atoms with van der Waals surface area (Å²) in [7, 11) is 0. The second kappa shape index (κ2) is 7.13. The zero-order valence-electron chi connectivity index (χ0n) is 13.9. The molecule has 1 amide bonds. The van der Waals surface area contributed by atoms with Crippen molar-refractivity contribution >= 4 is 11.6 Å². The van der Waals surface area contributed by atoms with E-state index in [-0.39, 0.29) is 5.91 Å². The van der Waals surface area contributed by atoms with Gasteiger partial charge >= 0.3 is 0 Å². The third-order valence-corrected chi connectivity index (χ3v) is 3.80. The molecule has 24 heavy (non-hydrogen) atoms. The smallest absolute Gasteiger partial charge is 0.226 e. The molecule has 4 nitrogen and oxygen atoms in total. The molecule has 0 atom stereocenters. The van der Waals surface area contributed by atoms with Crippen LogP contribution in [0.25, 0.3) is 11.5 Å². The quantitative estimate of drug-likeness (QED) is 0.751. The van der Waals surface area contributed by atoms with E-state index in [1.165, 1.54) is 0 Å². The van der Waals surface area contributed by atoms with E-state index in [1.807, 2.05) is 68.4 Å². The van der Waals surface area contributed by atoms with Crippen LogP contribution in [0.15, 0.2) is 59.0 Å². The maximum Gasteiger partial charge on any atom is 0.226 e. The number of carbonyl (C=O) groups is 1. The van der Waals surface area contributed by atoms with Crippen LogP contribution in [0, 0.1) is 13.8 Å². The van der Waals surface area contributed by atoms with E-state index in [4.69, 9.17) is 4.42 Å². The van der Waals surface area contributed by atoms with Crippen molar-refractivity contribution in [2.75, 3.05) is 5.32 Å². The Hall–Kier alpha value is -2.88. The third kappa shape index (κ3) is 3.90. The molecule has 3 aromatic rings. The number of aryl methyl sites for hydroxylation is 3. The average Bonchev–Trinajstić information content (AvgIpc) is 2.95. The van der Waals surface area contributed by atoms with Crippen molar-refractivity contribution in [3.8, 4) is 11.5 Å². The Kier molecular flexibility index (Phi) is 4.75. The van der Waals surface area contributed by atoms with Crippen molar-refractivity contribution in [1.82, 2.24) is 4.98 Å². The highest BCUT2D eigenvalue weighted by atomic mass is 16.4. The van der Waals surface area contributed by atoms with Gasteiger partial charge in [-0.3, -0.25) is 4.79 Å². The molecule has 4 heteroatoms. The fourth-order valence-corrected chi connectivity index (χ4v) is 2.54. The van der Waals surface area contributed by atoms with Crippen LogP contribution in [0.3, 0.4) is 0 Å². The van der Waals surface area contributed by atoms with Crippen molar-refractivity contribution in [3.63, 3.8) is 0 Å². The number of aromatic nitrogens is 1. The van der Waals surface area contributed by atoms with Gasteiger partial charge in [0, 0.05) is 24.1 Å². The van der Waals surface area contributed by atoms with Crippen molar-refractivity contribution in [3.05, 3.63) is 71.6 Å². The van der Waals surface area contributed by atoms with E-state index in [2.05, 4.69) is 10.3 Å². The Morgan fingerprint density at radius 3 is 2.62 bits per heavy atom. The summed E-state index contributed by atoms with van der Waals surface area (Å²) in [5.74, 6) is 1.34. The van der Waals surface area contributed by atoms with Crippen LogP contribution < -0.4 is 5.32 Å². The van der Waals surface area contributed by atoms with Crippen LogP contribution in [-0.2, 0) is 11.2 Å². The summed E-state index contributed by atoms with van der Waals surface area (Å²) in [5.41, 5.74) is 3.71. The maximum absolute atomic E-state index is 12.1. The Morgan fingerprint density at radius 2 is 1.88 bits per heavy atom. The minimum Gasteiger partial charge on any atom is -0.441 e. The SMILES string of the molecule is Cc1cccc(NC(=O)CCc2nc(-c3ccccc3)oc2C)c1. The summed E-state index contributed by atoms with van der Waals surface area (Å²) in [6, 6.07) is 17.5. The summed E-state index contributed by atoms with van der Waals surface area (Å²) >= 11 is 0. The van der Waals surface area contributed by atoms with Crippen LogP contribution in [0.1, 0.15) is 23.4 Å². The number of carbonyl (C=O) groups excluding carboxylic acids is 1. The molecule has 0 aliphatic heterocycles. The minimum absolute atomic E-state index is 0.0238. The third-order valence-electron chi connectivity index (χ3n) is 3.80. The van der Waals surface area contributed by atoms with Gasteiger partial charge in [0.1, 0.15) is 5.76 Å². The van der Waals surface area contributed by atoms with Gasteiger partial charge in [0.2, 0.25) is 11.8 Å². The molecule has 3 rings (SSSR count). The number of benzene rings is 2. The lowest BCUT2D eigenvalue weighted by Crippen LogP contribution is -2.12. The fourth-order valence-electron chi connectivity index (χ4n) is 2.54. The number of nitrogens with zero attached hydrogens (tertiary/aromatic N) is 1. The van der Waals surface area contributed by atoms with Gasteiger partial charge in [0.15, 0.2) is 0 Å².